The summed E-state index contributed by atoms with van der Waals surface area (Å²) >= 11 is 1.86. The van der Waals surface area contributed by atoms with Crippen molar-refractivity contribution in [2.24, 2.45) is 0 Å². The van der Waals surface area contributed by atoms with Gasteiger partial charge in [-0.3, -0.25) is 0 Å². The van der Waals surface area contributed by atoms with Crippen molar-refractivity contribution in [2.75, 3.05) is 4.90 Å². The van der Waals surface area contributed by atoms with Crippen molar-refractivity contribution in [3.63, 3.8) is 0 Å². The van der Waals surface area contributed by atoms with Gasteiger partial charge in [0, 0.05) is 69.9 Å². The van der Waals surface area contributed by atoms with Crippen LogP contribution in [-0.2, 0) is 0 Å². The van der Waals surface area contributed by atoms with Gasteiger partial charge in [-0.2, -0.15) is 0 Å². The molecule has 4 heteroatoms. The number of para-hydroxylation sites is 4. The largest absolute Gasteiger partial charge is 0.455 e. The second-order valence-corrected chi connectivity index (χ2v) is 17.2. The predicted octanol–water partition coefficient (Wildman–Crippen LogP) is 17.0. The molecule has 0 atom stereocenters. The molecule has 0 aliphatic carbocycles. The maximum absolute atomic E-state index is 6.88. The van der Waals surface area contributed by atoms with E-state index in [0.717, 1.165) is 55.8 Å². The smallest absolute Gasteiger partial charge is 0.143 e. The Kier molecular flexibility index (Phi) is 7.78. The maximum atomic E-state index is 6.88. The van der Waals surface area contributed by atoms with Gasteiger partial charge < -0.3 is 13.9 Å². The molecule has 0 saturated carbocycles. The number of anilines is 3. The lowest BCUT2D eigenvalue weighted by Gasteiger charge is -2.27. The van der Waals surface area contributed by atoms with Crippen LogP contribution in [0.5, 0.6) is 0 Å². The number of rotatable bonds is 6. The number of hydrogen-bond acceptors (Lipinski definition) is 3. The van der Waals surface area contributed by atoms with Crippen molar-refractivity contribution in [3.8, 4) is 27.9 Å². The molecule has 13 aromatic rings. The quantitative estimate of drug-likeness (QED) is 0.167. The van der Waals surface area contributed by atoms with Crippen LogP contribution in [0.15, 0.2) is 223 Å². The van der Waals surface area contributed by atoms with Crippen LogP contribution in [-0.4, -0.2) is 4.57 Å². The Labute approximate surface area is 361 Å². The number of fused-ring (bicyclic) bond motifs is 10. The molecule has 0 fully saturated rings. The zero-order valence-corrected chi connectivity index (χ0v) is 34.3. The molecule has 0 aliphatic heterocycles. The van der Waals surface area contributed by atoms with E-state index in [1.807, 2.05) is 11.3 Å². The molecule has 62 heavy (non-hydrogen) atoms. The van der Waals surface area contributed by atoms with Crippen LogP contribution in [0.2, 0.25) is 0 Å². The van der Waals surface area contributed by atoms with Crippen LogP contribution in [0.25, 0.3) is 103 Å². The Morgan fingerprint density at radius 1 is 0.371 bits per heavy atom. The molecule has 0 bridgehead atoms. The molecule has 0 N–H and O–H groups in total. The molecule has 0 saturated heterocycles. The van der Waals surface area contributed by atoms with E-state index in [2.05, 4.69) is 228 Å². The highest BCUT2D eigenvalue weighted by Crippen LogP contribution is 2.46. The third-order valence-electron chi connectivity index (χ3n) is 12.6. The highest BCUT2D eigenvalue weighted by Gasteiger charge is 2.23. The topological polar surface area (TPSA) is 21.3 Å². The Hall–Kier alpha value is -7.92. The fraction of sp³-hybridized carbons (Fsp3) is 0. The summed E-state index contributed by atoms with van der Waals surface area (Å²) in [7, 11) is 0. The van der Waals surface area contributed by atoms with Gasteiger partial charge in [0.05, 0.1) is 16.7 Å². The normalized spacial score (nSPS) is 11.9. The predicted molar refractivity (Wildman–Crippen MR) is 264 cm³/mol. The summed E-state index contributed by atoms with van der Waals surface area (Å²) in [6.45, 7) is 0. The Balaban J connectivity index is 1.04. The average molecular weight is 809 g/mol. The van der Waals surface area contributed by atoms with Gasteiger partial charge in [0.2, 0.25) is 0 Å². The van der Waals surface area contributed by atoms with E-state index in [-0.39, 0.29) is 0 Å². The minimum atomic E-state index is 0.868. The molecule has 0 spiro atoms. The maximum Gasteiger partial charge on any atom is 0.143 e. The fourth-order valence-electron chi connectivity index (χ4n) is 9.69. The van der Waals surface area contributed by atoms with E-state index in [9.17, 15) is 0 Å². The number of nitrogens with zero attached hydrogens (tertiary/aromatic N) is 2. The lowest BCUT2D eigenvalue weighted by atomic mass is 9.98. The molecule has 0 unspecified atom stereocenters. The molecule has 3 heterocycles. The molecule has 13 rings (SSSR count). The number of benzene rings is 10. The summed E-state index contributed by atoms with van der Waals surface area (Å²) in [6, 6.07) is 79.3. The highest BCUT2D eigenvalue weighted by molar-refractivity contribution is 7.25. The molecule has 3 nitrogen and oxygen atoms in total. The fourth-order valence-corrected chi connectivity index (χ4v) is 10.8. The van der Waals surface area contributed by atoms with E-state index >= 15 is 0 Å². The van der Waals surface area contributed by atoms with E-state index in [0.29, 0.717) is 0 Å². The van der Waals surface area contributed by atoms with E-state index < -0.39 is 0 Å². The van der Waals surface area contributed by atoms with E-state index in [1.54, 1.807) is 0 Å². The summed E-state index contributed by atoms with van der Waals surface area (Å²) in [5.74, 6) is 0. The minimum Gasteiger partial charge on any atom is -0.455 e. The first-order valence-electron chi connectivity index (χ1n) is 21.1. The molecular formula is C58H36N2OS. The number of thiophene rings is 1. The van der Waals surface area contributed by atoms with Gasteiger partial charge in [-0.05, 0) is 101 Å². The molecule has 0 radical (unpaired) electrons. The SMILES string of the molecule is c1ccc(-n2c3ccccc3c3ccccc32)c(-c2cc(N(c3ccc(-c4ccc5sc6ccccc6c5c4)cc3)c3ccc4ccccc4c3)cc3c2oc2ccccc23)c1. The lowest BCUT2D eigenvalue weighted by molar-refractivity contribution is 0.670. The first-order chi connectivity index (χ1) is 30.7. The van der Waals surface area contributed by atoms with Crippen LogP contribution in [0.1, 0.15) is 0 Å². The number of furan rings is 1. The van der Waals surface area contributed by atoms with Crippen LogP contribution < -0.4 is 4.90 Å². The van der Waals surface area contributed by atoms with Crippen LogP contribution in [0.3, 0.4) is 0 Å². The average Bonchev–Trinajstić information content (AvgIpc) is 4.01. The Morgan fingerprint density at radius 3 is 1.82 bits per heavy atom. The number of hydrogen-bond donors (Lipinski definition) is 0. The van der Waals surface area contributed by atoms with Crippen LogP contribution in [0.4, 0.5) is 17.1 Å². The summed E-state index contributed by atoms with van der Waals surface area (Å²) in [4.78, 5) is 2.40. The van der Waals surface area contributed by atoms with Gasteiger partial charge in [0.25, 0.3) is 0 Å². The van der Waals surface area contributed by atoms with Crippen molar-refractivity contribution in [1.82, 2.24) is 4.57 Å². The summed E-state index contributed by atoms with van der Waals surface area (Å²) < 4.78 is 11.9. The second kappa shape index (κ2) is 13.8. The van der Waals surface area contributed by atoms with Gasteiger partial charge in [-0.25, -0.2) is 0 Å². The van der Waals surface area contributed by atoms with Crippen molar-refractivity contribution in [1.29, 1.82) is 0 Å². The first-order valence-corrected chi connectivity index (χ1v) is 21.9. The van der Waals surface area contributed by atoms with E-state index in [4.69, 9.17) is 4.42 Å². The Morgan fingerprint density at radius 2 is 1.00 bits per heavy atom. The monoisotopic (exact) mass is 808 g/mol. The van der Waals surface area contributed by atoms with Crippen molar-refractivity contribution in [3.05, 3.63) is 218 Å². The van der Waals surface area contributed by atoms with Gasteiger partial charge in [0.1, 0.15) is 11.2 Å². The minimum absolute atomic E-state index is 0.868. The first kappa shape index (κ1) is 34.9. The van der Waals surface area contributed by atoms with Gasteiger partial charge in [-0.15, -0.1) is 11.3 Å². The molecule has 0 aliphatic rings. The summed E-state index contributed by atoms with van der Waals surface area (Å²) in [5, 5.41) is 9.64. The number of aromatic nitrogens is 1. The van der Waals surface area contributed by atoms with Gasteiger partial charge >= 0.3 is 0 Å². The molecule has 290 valence electrons. The van der Waals surface area contributed by atoms with E-state index in [1.165, 1.54) is 63.9 Å². The van der Waals surface area contributed by atoms with Gasteiger partial charge in [0.15, 0.2) is 0 Å². The summed E-state index contributed by atoms with van der Waals surface area (Å²) in [5.41, 5.74) is 12.9. The Bertz CT molecular complexity index is 3830. The third kappa shape index (κ3) is 5.44. The standard InChI is InChI=1S/C58H36N2OS/c1-2-14-39-33-42(31-27-37(39)13-1)59(41-29-25-38(26-30-41)40-28-32-57-49(34-40)48-19-7-12-24-56(48)62-57)43-35-50(58-51(36-43)47-18-6-11-23-55(47)61-58)46-17-5-10-22-54(46)60-52-20-8-3-15-44(52)45-16-4-9-21-53(45)60/h1-36H. The molecule has 0 amide bonds. The van der Waals surface area contributed by atoms with Gasteiger partial charge in [-0.1, -0.05) is 140 Å². The van der Waals surface area contributed by atoms with Crippen LogP contribution in [0, 0.1) is 0 Å². The molecular weight excluding hydrogens is 773 g/mol. The highest BCUT2D eigenvalue weighted by atomic mass is 32.1. The zero-order chi connectivity index (χ0) is 40.7. The van der Waals surface area contributed by atoms with Crippen molar-refractivity contribution >= 4 is 103 Å². The third-order valence-corrected chi connectivity index (χ3v) is 13.7. The van der Waals surface area contributed by atoms with Crippen molar-refractivity contribution in [2.45, 2.75) is 0 Å². The molecule has 10 aromatic carbocycles. The lowest BCUT2D eigenvalue weighted by Crippen LogP contribution is -2.10. The van der Waals surface area contributed by atoms with Crippen LogP contribution >= 0.6 is 11.3 Å². The molecule has 3 aromatic heterocycles. The summed E-state index contributed by atoms with van der Waals surface area (Å²) in [6.07, 6.45) is 0. The van der Waals surface area contributed by atoms with Crippen molar-refractivity contribution < 1.29 is 4.42 Å². The zero-order valence-electron chi connectivity index (χ0n) is 33.5. The second-order valence-electron chi connectivity index (χ2n) is 16.1.